The first-order chi connectivity index (χ1) is 7.78. The van der Waals surface area contributed by atoms with Crippen LogP contribution >= 0.6 is 0 Å². The summed E-state index contributed by atoms with van der Waals surface area (Å²) in [6, 6.07) is 1.97. The van der Waals surface area contributed by atoms with Crippen LogP contribution in [0.2, 0.25) is 0 Å². The molecule has 0 radical (unpaired) electrons. The number of hydrogen-bond donors (Lipinski definition) is 1. The predicted octanol–water partition coefficient (Wildman–Crippen LogP) is 1.94. The Morgan fingerprint density at radius 1 is 1.50 bits per heavy atom. The number of nitrogens with zero attached hydrogens (tertiary/aromatic N) is 2. The minimum atomic E-state index is 0.316. The topological polar surface area (TPSA) is 47.0 Å². The highest BCUT2D eigenvalue weighted by Crippen LogP contribution is 2.16. The maximum absolute atomic E-state index is 5.60. The van der Waals surface area contributed by atoms with Crippen LogP contribution in [0.3, 0.4) is 0 Å². The van der Waals surface area contributed by atoms with Crippen LogP contribution in [0.4, 0.5) is 5.82 Å². The summed E-state index contributed by atoms with van der Waals surface area (Å²) in [5, 5.41) is 3.22. The Kier molecular flexibility index (Phi) is 3.72. The Hall–Kier alpha value is -1.16. The molecule has 0 aliphatic carbocycles. The van der Waals surface area contributed by atoms with Crippen molar-refractivity contribution in [3.63, 3.8) is 0 Å². The van der Waals surface area contributed by atoms with Crippen molar-refractivity contribution >= 4 is 5.82 Å². The van der Waals surface area contributed by atoms with E-state index in [9.17, 15) is 0 Å². The first-order valence-corrected chi connectivity index (χ1v) is 5.98. The molecule has 16 heavy (non-hydrogen) atoms. The summed E-state index contributed by atoms with van der Waals surface area (Å²) in [5.74, 6) is 1.81. The van der Waals surface area contributed by atoms with E-state index in [-0.39, 0.29) is 0 Å². The monoisotopic (exact) mass is 221 g/mol. The van der Waals surface area contributed by atoms with Crippen molar-refractivity contribution in [2.45, 2.75) is 39.2 Å². The molecule has 88 valence electrons. The Morgan fingerprint density at radius 3 is 3.06 bits per heavy atom. The average molecular weight is 221 g/mol. The quantitative estimate of drug-likeness (QED) is 0.844. The van der Waals surface area contributed by atoms with Crippen LogP contribution in [-0.2, 0) is 11.2 Å². The van der Waals surface area contributed by atoms with Gasteiger partial charge in [0.15, 0.2) is 0 Å². The standard InChI is InChI=1S/C12H19N3O/c1-3-13-11-7-9(2)14-12(15-11)8-10-5-4-6-16-10/h7,10H,3-6,8H2,1-2H3,(H,13,14,15). The van der Waals surface area contributed by atoms with Crippen LogP contribution in [0, 0.1) is 6.92 Å². The highest BCUT2D eigenvalue weighted by molar-refractivity contribution is 5.35. The average Bonchev–Trinajstić information content (AvgIpc) is 2.70. The van der Waals surface area contributed by atoms with Crippen LogP contribution < -0.4 is 5.32 Å². The van der Waals surface area contributed by atoms with Gasteiger partial charge >= 0.3 is 0 Å². The smallest absolute Gasteiger partial charge is 0.133 e. The number of aromatic nitrogens is 2. The van der Waals surface area contributed by atoms with E-state index in [0.29, 0.717) is 6.10 Å². The highest BCUT2D eigenvalue weighted by Gasteiger charge is 2.17. The number of ether oxygens (including phenoxy) is 1. The van der Waals surface area contributed by atoms with Crippen molar-refractivity contribution in [2.24, 2.45) is 0 Å². The molecule has 2 heterocycles. The van der Waals surface area contributed by atoms with E-state index in [1.54, 1.807) is 0 Å². The molecule has 4 heteroatoms. The first kappa shape index (κ1) is 11.3. The molecule has 1 fully saturated rings. The predicted molar refractivity (Wildman–Crippen MR) is 63.6 cm³/mol. The zero-order valence-electron chi connectivity index (χ0n) is 9.99. The van der Waals surface area contributed by atoms with Crippen LogP contribution in [0.5, 0.6) is 0 Å². The van der Waals surface area contributed by atoms with Crippen molar-refractivity contribution in [3.05, 3.63) is 17.6 Å². The maximum atomic E-state index is 5.60. The molecule has 0 bridgehead atoms. The summed E-state index contributed by atoms with van der Waals surface area (Å²) < 4.78 is 5.60. The lowest BCUT2D eigenvalue weighted by atomic mass is 10.2. The summed E-state index contributed by atoms with van der Waals surface area (Å²) in [4.78, 5) is 8.93. The molecular formula is C12H19N3O. The fourth-order valence-electron chi connectivity index (χ4n) is 2.00. The molecule has 1 aliphatic rings. The third-order valence-electron chi connectivity index (χ3n) is 2.69. The van der Waals surface area contributed by atoms with E-state index in [4.69, 9.17) is 4.74 Å². The van der Waals surface area contributed by atoms with E-state index in [1.165, 1.54) is 0 Å². The van der Waals surface area contributed by atoms with Crippen molar-refractivity contribution in [1.29, 1.82) is 0 Å². The molecule has 4 nitrogen and oxygen atoms in total. The van der Waals surface area contributed by atoms with Gasteiger partial charge in [0.05, 0.1) is 6.10 Å². The van der Waals surface area contributed by atoms with Gasteiger partial charge in [0.2, 0.25) is 0 Å². The van der Waals surface area contributed by atoms with Crippen LogP contribution in [0.1, 0.15) is 31.3 Å². The van der Waals surface area contributed by atoms with E-state index in [0.717, 1.165) is 49.8 Å². The minimum Gasteiger partial charge on any atom is -0.378 e. The van der Waals surface area contributed by atoms with Gasteiger partial charge in [-0.1, -0.05) is 0 Å². The van der Waals surface area contributed by atoms with E-state index >= 15 is 0 Å². The molecule has 0 saturated carbocycles. The molecule has 1 N–H and O–H groups in total. The number of rotatable bonds is 4. The van der Waals surface area contributed by atoms with Crippen LogP contribution in [0.15, 0.2) is 6.07 Å². The zero-order chi connectivity index (χ0) is 11.4. The lowest BCUT2D eigenvalue weighted by Gasteiger charge is -2.10. The summed E-state index contributed by atoms with van der Waals surface area (Å²) >= 11 is 0. The molecule has 1 saturated heterocycles. The molecular weight excluding hydrogens is 202 g/mol. The molecule has 0 spiro atoms. The molecule has 0 amide bonds. The largest absolute Gasteiger partial charge is 0.378 e. The first-order valence-electron chi connectivity index (χ1n) is 5.98. The molecule has 2 rings (SSSR count). The fourth-order valence-corrected chi connectivity index (χ4v) is 2.00. The Balaban J connectivity index is 2.06. The normalized spacial score (nSPS) is 20.0. The van der Waals surface area contributed by atoms with Crippen molar-refractivity contribution in [3.8, 4) is 0 Å². The van der Waals surface area contributed by atoms with Gasteiger partial charge in [-0.15, -0.1) is 0 Å². The van der Waals surface area contributed by atoms with Crippen LogP contribution in [0.25, 0.3) is 0 Å². The summed E-state index contributed by atoms with van der Waals surface area (Å²) in [6.45, 7) is 5.84. The van der Waals surface area contributed by atoms with Gasteiger partial charge in [-0.05, 0) is 26.7 Å². The van der Waals surface area contributed by atoms with Gasteiger partial charge in [-0.25, -0.2) is 9.97 Å². The fraction of sp³-hybridized carbons (Fsp3) is 0.667. The van der Waals surface area contributed by atoms with Gasteiger partial charge < -0.3 is 10.1 Å². The number of anilines is 1. The van der Waals surface area contributed by atoms with E-state index < -0.39 is 0 Å². The van der Waals surface area contributed by atoms with Gasteiger partial charge in [0.25, 0.3) is 0 Å². The van der Waals surface area contributed by atoms with E-state index in [1.807, 2.05) is 13.0 Å². The molecule has 1 aromatic heterocycles. The second kappa shape index (κ2) is 5.25. The number of hydrogen-bond acceptors (Lipinski definition) is 4. The van der Waals surface area contributed by atoms with Crippen molar-refractivity contribution in [2.75, 3.05) is 18.5 Å². The number of nitrogens with one attached hydrogen (secondary N) is 1. The van der Waals surface area contributed by atoms with Crippen molar-refractivity contribution < 1.29 is 4.74 Å². The third-order valence-corrected chi connectivity index (χ3v) is 2.69. The Bertz CT molecular complexity index is 348. The van der Waals surface area contributed by atoms with Crippen LogP contribution in [-0.4, -0.2) is 29.2 Å². The molecule has 1 aromatic rings. The minimum absolute atomic E-state index is 0.316. The van der Waals surface area contributed by atoms with Crippen molar-refractivity contribution in [1.82, 2.24) is 9.97 Å². The van der Waals surface area contributed by atoms with Gasteiger partial charge in [-0.2, -0.15) is 0 Å². The number of aryl methyl sites for hydroxylation is 1. The molecule has 1 unspecified atom stereocenters. The summed E-state index contributed by atoms with van der Waals surface area (Å²) in [7, 11) is 0. The molecule has 1 atom stereocenters. The lowest BCUT2D eigenvalue weighted by molar-refractivity contribution is 0.110. The zero-order valence-corrected chi connectivity index (χ0v) is 9.99. The molecule has 0 aromatic carbocycles. The summed E-state index contributed by atoms with van der Waals surface area (Å²) in [6.07, 6.45) is 3.45. The highest BCUT2D eigenvalue weighted by atomic mass is 16.5. The van der Waals surface area contributed by atoms with E-state index in [2.05, 4.69) is 22.2 Å². The lowest BCUT2D eigenvalue weighted by Crippen LogP contribution is -2.13. The SMILES string of the molecule is CCNc1cc(C)nc(CC2CCCO2)n1. The molecule has 1 aliphatic heterocycles. The second-order valence-electron chi connectivity index (χ2n) is 4.18. The Morgan fingerprint density at radius 2 is 2.38 bits per heavy atom. The van der Waals surface area contributed by atoms with Gasteiger partial charge in [-0.3, -0.25) is 0 Å². The second-order valence-corrected chi connectivity index (χ2v) is 4.18. The Labute approximate surface area is 96.4 Å². The summed E-state index contributed by atoms with van der Waals surface area (Å²) in [5.41, 5.74) is 1.01. The van der Waals surface area contributed by atoms with Gasteiger partial charge in [0.1, 0.15) is 11.6 Å². The van der Waals surface area contributed by atoms with Gasteiger partial charge in [0, 0.05) is 31.3 Å². The maximum Gasteiger partial charge on any atom is 0.133 e. The third kappa shape index (κ3) is 2.92.